The molecule has 0 aromatic rings. The standard InChI is InChI=1S/C15H20O3/c1-7-9-5-6-14(9,3)11-10(12(7)16)8(2)15(4,18)13(11)17/h11,13,17-18H,5-6H2,1-4H3/t11-,13+,14+,15-/m1/s1. The van der Waals surface area contributed by atoms with Crippen molar-refractivity contribution in [3.63, 3.8) is 0 Å². The molecule has 0 spiro atoms. The Morgan fingerprint density at radius 1 is 1.28 bits per heavy atom. The van der Waals surface area contributed by atoms with Gasteiger partial charge in [-0.1, -0.05) is 12.5 Å². The summed E-state index contributed by atoms with van der Waals surface area (Å²) in [5.41, 5.74) is 1.93. The first kappa shape index (κ1) is 12.1. The molecule has 98 valence electrons. The smallest absolute Gasteiger partial charge is 0.185 e. The van der Waals surface area contributed by atoms with Crippen LogP contribution in [0, 0.1) is 11.3 Å². The van der Waals surface area contributed by atoms with Crippen LogP contribution in [0.5, 0.6) is 0 Å². The Hall–Kier alpha value is -0.930. The van der Waals surface area contributed by atoms with E-state index in [2.05, 4.69) is 6.92 Å². The van der Waals surface area contributed by atoms with Gasteiger partial charge in [-0.25, -0.2) is 0 Å². The minimum atomic E-state index is -1.27. The van der Waals surface area contributed by atoms with Crippen LogP contribution < -0.4 is 0 Å². The van der Waals surface area contributed by atoms with Gasteiger partial charge in [0.25, 0.3) is 0 Å². The third-order valence-corrected chi connectivity index (χ3v) is 5.67. The number of carbonyl (C=O) groups is 1. The summed E-state index contributed by atoms with van der Waals surface area (Å²) in [5.74, 6) is -0.200. The number of Topliss-reactive ketones (excluding diaryl/α,β-unsaturated/α-hetero) is 1. The van der Waals surface area contributed by atoms with E-state index in [0.29, 0.717) is 11.1 Å². The molecule has 0 aromatic carbocycles. The van der Waals surface area contributed by atoms with E-state index in [1.54, 1.807) is 13.8 Å². The molecule has 1 saturated carbocycles. The van der Waals surface area contributed by atoms with Crippen LogP contribution in [0.4, 0.5) is 0 Å². The van der Waals surface area contributed by atoms with Crippen LogP contribution in [0.25, 0.3) is 0 Å². The Balaban J connectivity index is 2.26. The van der Waals surface area contributed by atoms with Crippen LogP contribution in [0.2, 0.25) is 0 Å². The first-order valence-corrected chi connectivity index (χ1v) is 6.59. The Bertz CT molecular complexity index is 524. The van der Waals surface area contributed by atoms with E-state index < -0.39 is 11.7 Å². The Kier molecular flexibility index (Phi) is 2.12. The van der Waals surface area contributed by atoms with Crippen molar-refractivity contribution in [2.24, 2.45) is 11.3 Å². The molecule has 0 aromatic heterocycles. The van der Waals surface area contributed by atoms with Gasteiger partial charge in [0.15, 0.2) is 5.78 Å². The molecule has 0 unspecified atom stereocenters. The molecule has 3 rings (SSSR count). The summed E-state index contributed by atoms with van der Waals surface area (Å²) in [7, 11) is 0. The number of rotatable bonds is 0. The minimum Gasteiger partial charge on any atom is -0.389 e. The van der Waals surface area contributed by atoms with Gasteiger partial charge in [-0.15, -0.1) is 0 Å². The van der Waals surface area contributed by atoms with Crippen LogP contribution in [0.15, 0.2) is 22.3 Å². The summed E-state index contributed by atoms with van der Waals surface area (Å²) in [6, 6.07) is 0. The first-order chi connectivity index (χ1) is 8.23. The zero-order valence-electron chi connectivity index (χ0n) is 11.4. The summed E-state index contributed by atoms with van der Waals surface area (Å²) in [6.45, 7) is 7.38. The normalized spacial score (nSPS) is 47.1. The average Bonchev–Trinajstić information content (AvgIpc) is 2.45. The Morgan fingerprint density at radius 2 is 1.89 bits per heavy atom. The van der Waals surface area contributed by atoms with Gasteiger partial charge in [-0.2, -0.15) is 0 Å². The summed E-state index contributed by atoms with van der Waals surface area (Å²) in [4.78, 5) is 12.4. The lowest BCUT2D eigenvalue weighted by molar-refractivity contribution is -0.116. The maximum atomic E-state index is 12.4. The van der Waals surface area contributed by atoms with Crippen LogP contribution in [-0.4, -0.2) is 27.7 Å². The fraction of sp³-hybridized carbons (Fsp3) is 0.667. The molecule has 3 aliphatic rings. The van der Waals surface area contributed by atoms with E-state index >= 15 is 0 Å². The third kappa shape index (κ3) is 1.06. The summed E-state index contributed by atoms with van der Waals surface area (Å²) in [5, 5.41) is 20.9. The number of hydrogen-bond donors (Lipinski definition) is 2. The molecule has 2 N–H and O–H groups in total. The predicted molar refractivity (Wildman–Crippen MR) is 67.9 cm³/mol. The predicted octanol–water partition coefficient (Wildman–Crippen LogP) is 1.74. The van der Waals surface area contributed by atoms with Crippen LogP contribution in [-0.2, 0) is 4.79 Å². The maximum Gasteiger partial charge on any atom is 0.185 e. The minimum absolute atomic E-state index is 0.0292. The molecule has 3 aliphatic carbocycles. The van der Waals surface area contributed by atoms with Crippen molar-refractivity contribution in [3.8, 4) is 0 Å². The van der Waals surface area contributed by atoms with Gasteiger partial charge in [0.05, 0.1) is 6.10 Å². The molecule has 4 atom stereocenters. The van der Waals surface area contributed by atoms with Crippen LogP contribution in [0.3, 0.4) is 0 Å². The van der Waals surface area contributed by atoms with Gasteiger partial charge >= 0.3 is 0 Å². The molecular weight excluding hydrogens is 228 g/mol. The highest BCUT2D eigenvalue weighted by Crippen LogP contribution is 2.63. The van der Waals surface area contributed by atoms with Crippen molar-refractivity contribution in [2.75, 3.05) is 0 Å². The van der Waals surface area contributed by atoms with Crippen molar-refractivity contribution in [1.82, 2.24) is 0 Å². The molecule has 0 amide bonds. The van der Waals surface area contributed by atoms with Crippen molar-refractivity contribution in [1.29, 1.82) is 0 Å². The molecular formula is C15H20O3. The lowest BCUT2D eigenvalue weighted by Crippen LogP contribution is -2.51. The second kappa shape index (κ2) is 3.14. The van der Waals surface area contributed by atoms with Crippen molar-refractivity contribution in [3.05, 3.63) is 22.3 Å². The number of ketones is 1. The quantitative estimate of drug-likeness (QED) is 0.686. The topological polar surface area (TPSA) is 57.5 Å². The van der Waals surface area contributed by atoms with Crippen LogP contribution >= 0.6 is 0 Å². The molecule has 0 heterocycles. The largest absolute Gasteiger partial charge is 0.389 e. The third-order valence-electron chi connectivity index (χ3n) is 5.67. The second-order valence-corrected chi connectivity index (χ2v) is 6.46. The van der Waals surface area contributed by atoms with E-state index in [9.17, 15) is 15.0 Å². The van der Waals surface area contributed by atoms with E-state index in [4.69, 9.17) is 0 Å². The molecule has 1 fully saturated rings. The van der Waals surface area contributed by atoms with Crippen LogP contribution in [0.1, 0.15) is 40.5 Å². The number of carbonyl (C=O) groups excluding carboxylic acids is 1. The molecule has 0 aliphatic heterocycles. The van der Waals surface area contributed by atoms with Gasteiger partial charge in [0.2, 0.25) is 0 Å². The van der Waals surface area contributed by atoms with Crippen molar-refractivity contribution in [2.45, 2.75) is 52.2 Å². The summed E-state index contributed by atoms with van der Waals surface area (Å²) >= 11 is 0. The van der Waals surface area contributed by atoms with Gasteiger partial charge in [-0.05, 0) is 50.2 Å². The van der Waals surface area contributed by atoms with Gasteiger partial charge in [-0.3, -0.25) is 4.79 Å². The highest BCUT2D eigenvalue weighted by molar-refractivity contribution is 6.11. The lowest BCUT2D eigenvalue weighted by Gasteiger charge is -2.52. The molecule has 0 bridgehead atoms. The lowest BCUT2D eigenvalue weighted by atomic mass is 9.52. The number of aliphatic hydroxyl groups excluding tert-OH is 1. The first-order valence-electron chi connectivity index (χ1n) is 6.59. The van der Waals surface area contributed by atoms with E-state index in [-0.39, 0.29) is 17.1 Å². The van der Waals surface area contributed by atoms with Crippen molar-refractivity contribution >= 4 is 5.78 Å². The summed E-state index contributed by atoms with van der Waals surface area (Å²) < 4.78 is 0. The Labute approximate surface area is 107 Å². The molecule has 0 radical (unpaired) electrons. The molecule has 0 saturated heterocycles. The molecule has 3 heteroatoms. The highest BCUT2D eigenvalue weighted by Gasteiger charge is 2.61. The van der Waals surface area contributed by atoms with E-state index in [0.717, 1.165) is 18.4 Å². The fourth-order valence-electron chi connectivity index (χ4n) is 4.13. The van der Waals surface area contributed by atoms with Gasteiger partial charge in [0, 0.05) is 11.5 Å². The SMILES string of the molecule is CC1=C2CC[C@]2(C)[C@@H]2C(=C(C)[C@@](C)(O)[C@H]2O)C1=O. The molecule has 18 heavy (non-hydrogen) atoms. The monoisotopic (exact) mass is 248 g/mol. The summed E-state index contributed by atoms with van der Waals surface area (Å²) in [6.07, 6.45) is 1.07. The van der Waals surface area contributed by atoms with E-state index in [1.165, 1.54) is 5.57 Å². The maximum absolute atomic E-state index is 12.4. The highest BCUT2D eigenvalue weighted by atomic mass is 16.3. The number of hydrogen-bond acceptors (Lipinski definition) is 3. The average molecular weight is 248 g/mol. The second-order valence-electron chi connectivity index (χ2n) is 6.46. The zero-order valence-corrected chi connectivity index (χ0v) is 11.4. The molecule has 3 nitrogen and oxygen atoms in total. The van der Waals surface area contributed by atoms with Gasteiger partial charge < -0.3 is 10.2 Å². The zero-order chi connectivity index (χ0) is 13.5. The van der Waals surface area contributed by atoms with Gasteiger partial charge in [0.1, 0.15) is 5.60 Å². The number of fused-ring (bicyclic) bond motifs is 3. The van der Waals surface area contributed by atoms with E-state index in [1.807, 2.05) is 6.92 Å². The number of aliphatic hydroxyl groups is 2. The Morgan fingerprint density at radius 3 is 2.39 bits per heavy atom. The number of allylic oxidation sites excluding steroid dienone is 2. The van der Waals surface area contributed by atoms with Crippen molar-refractivity contribution < 1.29 is 15.0 Å². The fourth-order valence-corrected chi connectivity index (χ4v) is 4.13.